The van der Waals surface area contributed by atoms with Gasteiger partial charge in [-0.1, -0.05) is 57.0 Å². The van der Waals surface area contributed by atoms with E-state index in [1.807, 2.05) is 24.3 Å². The molecule has 0 bridgehead atoms. The fourth-order valence-corrected chi connectivity index (χ4v) is 3.33. The van der Waals surface area contributed by atoms with Crippen LogP contribution >= 0.6 is 0 Å². The molecule has 0 heterocycles. The zero-order valence-corrected chi connectivity index (χ0v) is 13.8. The van der Waals surface area contributed by atoms with Crippen LogP contribution in [-0.2, 0) is 16.0 Å². The van der Waals surface area contributed by atoms with Gasteiger partial charge >= 0.3 is 5.97 Å². The number of hydrogen-bond acceptors (Lipinski definition) is 2. The van der Waals surface area contributed by atoms with Crippen LogP contribution in [0.4, 0.5) is 0 Å². The Hall–Kier alpha value is -1.31. The Labute approximate surface area is 128 Å². The second-order valence-corrected chi connectivity index (χ2v) is 7.02. The van der Waals surface area contributed by atoms with Gasteiger partial charge in [0, 0.05) is 0 Å². The minimum absolute atomic E-state index is 0.0800. The maximum absolute atomic E-state index is 12.2. The molecule has 0 aliphatic heterocycles. The zero-order valence-electron chi connectivity index (χ0n) is 13.8. The Morgan fingerprint density at radius 2 is 1.90 bits per heavy atom. The van der Waals surface area contributed by atoms with E-state index in [0.29, 0.717) is 24.2 Å². The minimum atomic E-state index is -0.0800. The molecule has 0 aromatic heterocycles. The molecule has 0 radical (unpaired) electrons. The second kappa shape index (κ2) is 7.11. The summed E-state index contributed by atoms with van der Waals surface area (Å²) in [5.74, 6) is 1.68. The van der Waals surface area contributed by atoms with Crippen molar-refractivity contribution >= 4 is 5.97 Å². The van der Waals surface area contributed by atoms with Crippen LogP contribution in [0.1, 0.15) is 51.2 Å². The molecule has 116 valence electrons. The smallest absolute Gasteiger partial charge is 0.310 e. The van der Waals surface area contributed by atoms with E-state index in [4.69, 9.17) is 4.74 Å². The third-order valence-electron chi connectivity index (χ3n) is 4.71. The van der Waals surface area contributed by atoms with Crippen LogP contribution in [-0.4, -0.2) is 12.1 Å². The van der Waals surface area contributed by atoms with E-state index in [2.05, 4.69) is 27.7 Å². The van der Waals surface area contributed by atoms with Crippen LogP contribution in [0.2, 0.25) is 0 Å². The maximum atomic E-state index is 12.2. The molecular weight excluding hydrogens is 260 g/mol. The molecule has 0 N–H and O–H groups in total. The van der Waals surface area contributed by atoms with Crippen LogP contribution in [0.25, 0.3) is 0 Å². The number of esters is 1. The van der Waals surface area contributed by atoms with E-state index in [9.17, 15) is 4.79 Å². The maximum Gasteiger partial charge on any atom is 0.310 e. The summed E-state index contributed by atoms with van der Waals surface area (Å²) < 4.78 is 5.83. The first-order valence-electron chi connectivity index (χ1n) is 8.20. The summed E-state index contributed by atoms with van der Waals surface area (Å²) in [6, 6.07) is 8.12. The van der Waals surface area contributed by atoms with Crippen molar-refractivity contribution in [2.75, 3.05) is 0 Å². The quantitative estimate of drug-likeness (QED) is 0.760. The molecule has 0 spiro atoms. The van der Waals surface area contributed by atoms with Gasteiger partial charge in [-0.05, 0) is 43.1 Å². The monoisotopic (exact) mass is 288 g/mol. The molecule has 1 aromatic rings. The van der Waals surface area contributed by atoms with Gasteiger partial charge in [-0.3, -0.25) is 4.79 Å². The van der Waals surface area contributed by atoms with Crippen molar-refractivity contribution < 1.29 is 9.53 Å². The molecule has 2 heteroatoms. The van der Waals surface area contributed by atoms with E-state index in [0.717, 1.165) is 12.0 Å². The lowest BCUT2D eigenvalue weighted by atomic mass is 9.75. The van der Waals surface area contributed by atoms with Crippen molar-refractivity contribution in [2.24, 2.45) is 17.8 Å². The fraction of sp³-hybridized carbons (Fsp3) is 0.632. The van der Waals surface area contributed by atoms with E-state index < -0.39 is 0 Å². The van der Waals surface area contributed by atoms with E-state index in [1.54, 1.807) is 0 Å². The van der Waals surface area contributed by atoms with E-state index in [1.165, 1.54) is 18.4 Å². The number of benzene rings is 1. The summed E-state index contributed by atoms with van der Waals surface area (Å²) in [5, 5.41) is 0. The third-order valence-corrected chi connectivity index (χ3v) is 4.71. The summed E-state index contributed by atoms with van der Waals surface area (Å²) in [7, 11) is 0. The van der Waals surface area contributed by atoms with Gasteiger partial charge in [0.1, 0.15) is 6.10 Å². The molecule has 3 atom stereocenters. The Balaban J connectivity index is 1.94. The van der Waals surface area contributed by atoms with Crippen molar-refractivity contribution in [3.63, 3.8) is 0 Å². The SMILES string of the molecule is Cc1ccc(CC(=O)O[C@@H]2C[C@H](C)CC[C@H]2C(C)C)cc1. The molecule has 1 fully saturated rings. The van der Waals surface area contributed by atoms with Gasteiger partial charge in [-0.25, -0.2) is 0 Å². The number of carbonyl (C=O) groups excluding carboxylic acids is 1. The summed E-state index contributed by atoms with van der Waals surface area (Å²) in [4.78, 5) is 12.2. The fourth-order valence-electron chi connectivity index (χ4n) is 3.33. The molecule has 1 aliphatic carbocycles. The first-order valence-corrected chi connectivity index (χ1v) is 8.20. The van der Waals surface area contributed by atoms with Gasteiger partial charge < -0.3 is 4.74 Å². The molecule has 2 nitrogen and oxygen atoms in total. The molecule has 1 aliphatic rings. The summed E-state index contributed by atoms with van der Waals surface area (Å²) in [6.45, 7) is 8.79. The minimum Gasteiger partial charge on any atom is -0.462 e. The topological polar surface area (TPSA) is 26.3 Å². The lowest BCUT2D eigenvalue weighted by Gasteiger charge is -2.36. The second-order valence-electron chi connectivity index (χ2n) is 7.02. The standard InChI is InChI=1S/C19H28O2/c1-13(2)17-10-7-15(4)11-18(17)21-19(20)12-16-8-5-14(3)6-9-16/h5-6,8-9,13,15,17-18H,7,10-12H2,1-4H3/t15-,17+,18-/m1/s1. The first-order chi connectivity index (χ1) is 9.95. The van der Waals surface area contributed by atoms with Crippen LogP contribution in [0.3, 0.4) is 0 Å². The summed E-state index contributed by atoms with van der Waals surface area (Å²) in [5.41, 5.74) is 2.25. The van der Waals surface area contributed by atoms with Crippen LogP contribution in [0.15, 0.2) is 24.3 Å². The van der Waals surface area contributed by atoms with Crippen molar-refractivity contribution in [2.45, 2.75) is 59.5 Å². The third kappa shape index (κ3) is 4.59. The first kappa shape index (κ1) is 16.1. The van der Waals surface area contributed by atoms with Crippen molar-refractivity contribution in [3.05, 3.63) is 35.4 Å². The Morgan fingerprint density at radius 1 is 1.24 bits per heavy atom. The average Bonchev–Trinajstić information content (AvgIpc) is 2.41. The summed E-state index contributed by atoms with van der Waals surface area (Å²) >= 11 is 0. The zero-order chi connectivity index (χ0) is 15.4. The number of hydrogen-bond donors (Lipinski definition) is 0. The molecular formula is C19H28O2. The highest BCUT2D eigenvalue weighted by atomic mass is 16.5. The molecule has 0 unspecified atom stereocenters. The lowest BCUT2D eigenvalue weighted by Crippen LogP contribution is -2.36. The normalized spacial score (nSPS) is 25.9. The molecule has 21 heavy (non-hydrogen) atoms. The lowest BCUT2D eigenvalue weighted by molar-refractivity contribution is -0.155. The molecule has 2 rings (SSSR count). The van der Waals surface area contributed by atoms with Gasteiger partial charge in [0.15, 0.2) is 0 Å². The van der Waals surface area contributed by atoms with Crippen molar-refractivity contribution in [1.82, 2.24) is 0 Å². The highest BCUT2D eigenvalue weighted by molar-refractivity contribution is 5.72. The van der Waals surface area contributed by atoms with Gasteiger partial charge in [0.25, 0.3) is 0 Å². The molecule has 1 aromatic carbocycles. The molecule has 0 saturated heterocycles. The Kier molecular flexibility index (Phi) is 5.44. The van der Waals surface area contributed by atoms with E-state index >= 15 is 0 Å². The van der Waals surface area contributed by atoms with E-state index in [-0.39, 0.29) is 12.1 Å². The van der Waals surface area contributed by atoms with Crippen LogP contribution in [0.5, 0.6) is 0 Å². The predicted octanol–water partition coefficient (Wildman–Crippen LogP) is 4.54. The number of carbonyl (C=O) groups is 1. The van der Waals surface area contributed by atoms with Crippen molar-refractivity contribution in [3.8, 4) is 0 Å². The Bertz CT molecular complexity index is 461. The van der Waals surface area contributed by atoms with Crippen LogP contribution < -0.4 is 0 Å². The molecule has 0 amide bonds. The number of ether oxygens (including phenoxy) is 1. The number of aryl methyl sites for hydroxylation is 1. The molecule has 1 saturated carbocycles. The van der Waals surface area contributed by atoms with Crippen molar-refractivity contribution in [1.29, 1.82) is 0 Å². The average molecular weight is 288 g/mol. The highest BCUT2D eigenvalue weighted by Crippen LogP contribution is 2.35. The van der Waals surface area contributed by atoms with Gasteiger partial charge in [-0.15, -0.1) is 0 Å². The van der Waals surface area contributed by atoms with Crippen LogP contribution in [0, 0.1) is 24.7 Å². The highest BCUT2D eigenvalue weighted by Gasteiger charge is 2.33. The van der Waals surface area contributed by atoms with Gasteiger partial charge in [-0.2, -0.15) is 0 Å². The Morgan fingerprint density at radius 3 is 2.52 bits per heavy atom. The van der Waals surface area contributed by atoms with Gasteiger partial charge in [0.2, 0.25) is 0 Å². The number of rotatable bonds is 4. The predicted molar refractivity (Wildman–Crippen MR) is 86.1 cm³/mol. The summed E-state index contributed by atoms with van der Waals surface area (Å²) in [6.07, 6.45) is 3.95. The largest absolute Gasteiger partial charge is 0.462 e. The van der Waals surface area contributed by atoms with Gasteiger partial charge in [0.05, 0.1) is 6.42 Å².